The zero-order chi connectivity index (χ0) is 18.5. The van der Waals surface area contributed by atoms with E-state index in [1.54, 1.807) is 17.8 Å². The van der Waals surface area contributed by atoms with Crippen LogP contribution in [0.4, 0.5) is 4.39 Å². The molecule has 2 aromatic carbocycles. The topological polar surface area (TPSA) is 15.6 Å². The molecule has 2 nitrogen and oxygen atoms in total. The summed E-state index contributed by atoms with van der Waals surface area (Å²) in [6, 6.07) is 10.2. The quantitative estimate of drug-likeness (QED) is 0.382. The molecule has 0 saturated carbocycles. The van der Waals surface area contributed by atoms with Crippen LogP contribution in [-0.2, 0) is 6.42 Å². The predicted molar refractivity (Wildman–Crippen MR) is 111 cm³/mol. The Hall–Kier alpha value is -0.940. The van der Waals surface area contributed by atoms with Gasteiger partial charge in [-0.1, -0.05) is 46.9 Å². The molecule has 0 spiro atoms. The van der Waals surface area contributed by atoms with E-state index in [1.165, 1.54) is 12.1 Å². The number of aliphatic imine (C=N–C) groups is 1. The van der Waals surface area contributed by atoms with Crippen molar-refractivity contribution in [2.75, 3.05) is 19.6 Å². The van der Waals surface area contributed by atoms with Crippen molar-refractivity contribution in [3.63, 3.8) is 0 Å². The molecule has 0 radical (unpaired) electrons. The molecule has 138 valence electrons. The van der Waals surface area contributed by atoms with Gasteiger partial charge in [-0.3, -0.25) is 4.99 Å². The molecule has 1 heterocycles. The van der Waals surface area contributed by atoms with E-state index in [4.69, 9.17) is 34.8 Å². The van der Waals surface area contributed by atoms with Gasteiger partial charge in [0.2, 0.25) is 0 Å². The Labute approximate surface area is 172 Å². The lowest BCUT2D eigenvalue weighted by Crippen LogP contribution is -2.29. The Morgan fingerprint density at radius 2 is 1.81 bits per heavy atom. The molecule has 7 heteroatoms. The number of hydrogen-bond acceptors (Lipinski definition) is 3. The monoisotopic (exact) mass is 430 g/mol. The second-order valence-electron chi connectivity index (χ2n) is 6.12. The van der Waals surface area contributed by atoms with E-state index in [9.17, 15) is 4.39 Å². The fraction of sp³-hybridized carbons (Fsp3) is 0.316. The minimum atomic E-state index is -0.212. The van der Waals surface area contributed by atoms with Crippen molar-refractivity contribution < 1.29 is 4.39 Å². The maximum atomic E-state index is 13.1. The smallest absolute Gasteiger partial charge is 0.123 e. The summed E-state index contributed by atoms with van der Waals surface area (Å²) in [7, 11) is 0. The lowest BCUT2D eigenvalue weighted by Gasteiger charge is -2.23. The average molecular weight is 432 g/mol. The van der Waals surface area contributed by atoms with Crippen LogP contribution in [0, 0.1) is 5.82 Å². The second kappa shape index (κ2) is 9.32. The fourth-order valence-corrected chi connectivity index (χ4v) is 4.72. The summed E-state index contributed by atoms with van der Waals surface area (Å²) in [5.41, 5.74) is 1.12. The highest BCUT2D eigenvalue weighted by atomic mass is 35.5. The first-order chi connectivity index (χ1) is 12.5. The molecule has 0 fully saturated rings. The highest BCUT2D eigenvalue weighted by Crippen LogP contribution is 2.38. The highest BCUT2D eigenvalue weighted by Gasteiger charge is 2.18. The van der Waals surface area contributed by atoms with Gasteiger partial charge in [0, 0.05) is 23.2 Å². The van der Waals surface area contributed by atoms with E-state index in [-0.39, 0.29) is 5.82 Å². The summed E-state index contributed by atoms with van der Waals surface area (Å²) in [6.45, 7) is 2.64. The number of halogens is 4. The third-order valence-electron chi connectivity index (χ3n) is 4.14. The molecule has 1 aliphatic rings. The Balaban J connectivity index is 1.71. The minimum Gasteiger partial charge on any atom is -0.360 e. The maximum Gasteiger partial charge on any atom is 0.123 e. The SMILES string of the molecule is Fc1ccc(CCC(CN2C=NCC2)Sc2cc(Cl)c(Cl)cc2Cl)cc1. The van der Waals surface area contributed by atoms with Gasteiger partial charge in [-0.15, -0.1) is 11.8 Å². The summed E-state index contributed by atoms with van der Waals surface area (Å²) < 4.78 is 13.1. The number of aryl methyl sites for hydroxylation is 1. The van der Waals surface area contributed by atoms with Crippen molar-refractivity contribution in [3.8, 4) is 0 Å². The number of hydrogen-bond donors (Lipinski definition) is 0. The number of nitrogens with zero attached hydrogens (tertiary/aromatic N) is 2. The fourth-order valence-electron chi connectivity index (χ4n) is 2.76. The number of benzene rings is 2. The lowest BCUT2D eigenvalue weighted by atomic mass is 10.1. The zero-order valence-corrected chi connectivity index (χ0v) is 17.1. The molecule has 26 heavy (non-hydrogen) atoms. The van der Waals surface area contributed by atoms with Crippen molar-refractivity contribution in [2.45, 2.75) is 23.0 Å². The summed E-state index contributed by atoms with van der Waals surface area (Å²) in [5, 5.41) is 1.85. The normalized spacial score (nSPS) is 14.8. The molecule has 3 rings (SSSR count). The van der Waals surface area contributed by atoms with E-state index in [0.29, 0.717) is 20.3 Å². The Bertz CT molecular complexity index is 783. The van der Waals surface area contributed by atoms with Crippen LogP contribution in [0.15, 0.2) is 46.3 Å². The van der Waals surface area contributed by atoms with Crippen molar-refractivity contribution in [1.29, 1.82) is 0 Å². The van der Waals surface area contributed by atoms with Gasteiger partial charge in [0.25, 0.3) is 0 Å². The van der Waals surface area contributed by atoms with Crippen LogP contribution in [0.25, 0.3) is 0 Å². The molecular formula is C19H18Cl3FN2S. The molecule has 0 aliphatic carbocycles. The van der Waals surface area contributed by atoms with Crippen molar-refractivity contribution >= 4 is 52.9 Å². The molecule has 1 unspecified atom stereocenters. The van der Waals surface area contributed by atoms with Gasteiger partial charge in [0.05, 0.1) is 28.0 Å². The molecule has 0 bridgehead atoms. The molecule has 2 aromatic rings. The van der Waals surface area contributed by atoms with E-state index >= 15 is 0 Å². The van der Waals surface area contributed by atoms with E-state index in [2.05, 4.69) is 9.89 Å². The van der Waals surface area contributed by atoms with Crippen LogP contribution < -0.4 is 0 Å². The first-order valence-corrected chi connectivity index (χ1v) is 10.3. The molecule has 0 aromatic heterocycles. The first kappa shape index (κ1) is 19.8. The van der Waals surface area contributed by atoms with Crippen LogP contribution in [0.5, 0.6) is 0 Å². The van der Waals surface area contributed by atoms with Gasteiger partial charge < -0.3 is 4.90 Å². The van der Waals surface area contributed by atoms with Gasteiger partial charge >= 0.3 is 0 Å². The molecule has 0 saturated heterocycles. The molecule has 0 N–H and O–H groups in total. The van der Waals surface area contributed by atoms with Crippen molar-refractivity contribution in [3.05, 3.63) is 62.8 Å². The Morgan fingerprint density at radius 1 is 1.08 bits per heavy atom. The maximum absolute atomic E-state index is 13.1. The van der Waals surface area contributed by atoms with Gasteiger partial charge in [-0.05, 0) is 42.7 Å². The van der Waals surface area contributed by atoms with Gasteiger partial charge in [-0.25, -0.2) is 4.39 Å². The molecule has 0 amide bonds. The summed E-state index contributed by atoms with van der Waals surface area (Å²) in [4.78, 5) is 7.42. The van der Waals surface area contributed by atoms with Crippen molar-refractivity contribution in [1.82, 2.24) is 4.90 Å². The van der Waals surface area contributed by atoms with E-state index < -0.39 is 0 Å². The number of rotatable bonds is 7. The lowest BCUT2D eigenvalue weighted by molar-refractivity contribution is 0.454. The van der Waals surface area contributed by atoms with Crippen LogP contribution in [-0.4, -0.2) is 36.1 Å². The van der Waals surface area contributed by atoms with Crippen LogP contribution in [0.3, 0.4) is 0 Å². The minimum absolute atomic E-state index is 0.212. The zero-order valence-electron chi connectivity index (χ0n) is 14.0. The van der Waals surface area contributed by atoms with Gasteiger partial charge in [0.1, 0.15) is 5.82 Å². The third-order valence-corrected chi connectivity index (χ3v) is 6.59. The Kier molecular flexibility index (Phi) is 7.10. The average Bonchev–Trinajstić information content (AvgIpc) is 3.12. The summed E-state index contributed by atoms with van der Waals surface area (Å²) in [6.07, 6.45) is 3.70. The van der Waals surface area contributed by atoms with Gasteiger partial charge in [0.15, 0.2) is 0 Å². The van der Waals surface area contributed by atoms with Crippen LogP contribution in [0.2, 0.25) is 15.1 Å². The predicted octanol–water partition coefficient (Wildman–Crippen LogP) is 6.22. The number of thioether (sulfide) groups is 1. The summed E-state index contributed by atoms with van der Waals surface area (Å²) >= 11 is 20.2. The van der Waals surface area contributed by atoms with Crippen LogP contribution >= 0.6 is 46.6 Å². The second-order valence-corrected chi connectivity index (χ2v) is 8.68. The molecule has 1 aliphatic heterocycles. The van der Waals surface area contributed by atoms with Crippen LogP contribution in [0.1, 0.15) is 12.0 Å². The highest BCUT2D eigenvalue weighted by molar-refractivity contribution is 8.00. The Morgan fingerprint density at radius 3 is 2.50 bits per heavy atom. The molecule has 1 atom stereocenters. The van der Waals surface area contributed by atoms with Crippen molar-refractivity contribution in [2.24, 2.45) is 4.99 Å². The first-order valence-electron chi connectivity index (χ1n) is 8.31. The van der Waals surface area contributed by atoms with E-state index in [1.807, 2.05) is 24.5 Å². The standard InChI is InChI=1S/C19H18Cl3FN2S/c20-16-9-18(22)19(10-17(16)21)26-15(11-25-8-7-24-12-25)6-3-13-1-4-14(23)5-2-13/h1-2,4-5,9-10,12,15H,3,6-8,11H2. The van der Waals surface area contributed by atoms with E-state index in [0.717, 1.165) is 42.9 Å². The van der Waals surface area contributed by atoms with Gasteiger partial charge in [-0.2, -0.15) is 0 Å². The third kappa shape index (κ3) is 5.53. The summed E-state index contributed by atoms with van der Waals surface area (Å²) in [5.74, 6) is -0.212. The largest absolute Gasteiger partial charge is 0.360 e. The molecular weight excluding hydrogens is 414 g/mol.